The van der Waals surface area contributed by atoms with Crippen molar-refractivity contribution in [2.45, 2.75) is 20.8 Å². The summed E-state index contributed by atoms with van der Waals surface area (Å²) in [6.07, 6.45) is -0.557. The van der Waals surface area contributed by atoms with E-state index in [1.165, 1.54) is 0 Å². The molecule has 110 valence electrons. The molecule has 1 N–H and O–H groups in total. The molecule has 2 rings (SSSR count). The van der Waals surface area contributed by atoms with Gasteiger partial charge in [0.2, 0.25) is 0 Å². The first-order valence-electron chi connectivity index (χ1n) is 6.38. The maximum Gasteiger partial charge on any atom is 0.417 e. The van der Waals surface area contributed by atoms with Crippen LogP contribution in [-0.2, 0) is 0 Å². The highest BCUT2D eigenvalue weighted by Crippen LogP contribution is 2.29. The molecule has 1 amide bonds. The number of carbonyl (C=O) groups excluding carboxylic acids is 1. The summed E-state index contributed by atoms with van der Waals surface area (Å²) in [4.78, 5) is 11.9. The van der Waals surface area contributed by atoms with Crippen molar-refractivity contribution in [3.05, 3.63) is 56.5 Å². The number of halogens is 2. The fourth-order valence-corrected chi connectivity index (χ4v) is 2.47. The molecule has 2 aromatic rings. The largest absolute Gasteiger partial charge is 0.417 e. The molecule has 0 aliphatic carbocycles. The lowest BCUT2D eigenvalue weighted by molar-refractivity contribution is 0.215. The SMILES string of the molecule is Cc1cc(Br)c(OC(=O)Nc2ccc(C)c(Cl)c2)cc1C. The van der Waals surface area contributed by atoms with E-state index in [0.717, 1.165) is 21.2 Å². The van der Waals surface area contributed by atoms with Crippen molar-refractivity contribution in [3.8, 4) is 5.75 Å². The topological polar surface area (TPSA) is 38.3 Å². The van der Waals surface area contributed by atoms with Crippen LogP contribution in [0.2, 0.25) is 5.02 Å². The van der Waals surface area contributed by atoms with Crippen LogP contribution in [0, 0.1) is 20.8 Å². The summed E-state index contributed by atoms with van der Waals surface area (Å²) in [5.74, 6) is 0.480. The number of carbonyl (C=O) groups is 1. The molecule has 0 radical (unpaired) electrons. The monoisotopic (exact) mass is 367 g/mol. The molecule has 3 nitrogen and oxygen atoms in total. The van der Waals surface area contributed by atoms with Crippen molar-refractivity contribution in [2.75, 3.05) is 5.32 Å². The van der Waals surface area contributed by atoms with Crippen molar-refractivity contribution >= 4 is 39.3 Å². The van der Waals surface area contributed by atoms with Crippen LogP contribution in [0.3, 0.4) is 0 Å². The normalized spacial score (nSPS) is 10.3. The van der Waals surface area contributed by atoms with E-state index in [4.69, 9.17) is 16.3 Å². The lowest BCUT2D eigenvalue weighted by atomic mass is 10.1. The Balaban J connectivity index is 2.11. The number of ether oxygens (including phenoxy) is 1. The van der Waals surface area contributed by atoms with Crippen molar-refractivity contribution in [3.63, 3.8) is 0 Å². The molecular formula is C16H15BrClNO2. The zero-order valence-electron chi connectivity index (χ0n) is 12.0. The summed E-state index contributed by atoms with van der Waals surface area (Å²) in [6.45, 7) is 5.86. The molecule has 0 heterocycles. The molecule has 0 spiro atoms. The average Bonchev–Trinajstić information content (AvgIpc) is 2.40. The lowest BCUT2D eigenvalue weighted by Gasteiger charge is -2.11. The number of hydrogen-bond acceptors (Lipinski definition) is 2. The van der Waals surface area contributed by atoms with Gasteiger partial charge in [-0.3, -0.25) is 5.32 Å². The standard InChI is InChI=1S/C16H15BrClNO2/c1-9-4-5-12(8-14(9)18)19-16(20)21-15-7-11(3)10(2)6-13(15)17/h4-8H,1-3H3,(H,19,20). The third-order valence-corrected chi connectivity index (χ3v) is 4.20. The van der Waals surface area contributed by atoms with Gasteiger partial charge < -0.3 is 4.74 Å². The van der Waals surface area contributed by atoms with Gasteiger partial charge in [0.05, 0.1) is 4.47 Å². The molecule has 2 aromatic carbocycles. The van der Waals surface area contributed by atoms with Crippen LogP contribution in [0.1, 0.15) is 16.7 Å². The zero-order chi connectivity index (χ0) is 15.6. The van der Waals surface area contributed by atoms with Gasteiger partial charge in [0, 0.05) is 10.7 Å². The van der Waals surface area contributed by atoms with Crippen molar-refractivity contribution in [1.82, 2.24) is 0 Å². The second kappa shape index (κ2) is 6.50. The fraction of sp³-hybridized carbons (Fsp3) is 0.188. The quantitative estimate of drug-likeness (QED) is 0.745. The maximum absolute atomic E-state index is 11.9. The van der Waals surface area contributed by atoms with Crippen LogP contribution in [-0.4, -0.2) is 6.09 Å². The summed E-state index contributed by atoms with van der Waals surface area (Å²) < 4.78 is 6.05. The Morgan fingerprint density at radius 1 is 1.10 bits per heavy atom. The Morgan fingerprint density at radius 3 is 2.43 bits per heavy atom. The van der Waals surface area contributed by atoms with Crippen molar-refractivity contribution in [2.24, 2.45) is 0 Å². The molecule has 0 atom stereocenters. The van der Waals surface area contributed by atoms with Gasteiger partial charge in [-0.15, -0.1) is 0 Å². The van der Waals surface area contributed by atoms with Gasteiger partial charge >= 0.3 is 6.09 Å². The highest BCUT2D eigenvalue weighted by molar-refractivity contribution is 9.10. The Hall–Kier alpha value is -1.52. The van der Waals surface area contributed by atoms with E-state index < -0.39 is 6.09 Å². The molecule has 0 bridgehead atoms. The third kappa shape index (κ3) is 3.99. The minimum atomic E-state index is -0.557. The zero-order valence-corrected chi connectivity index (χ0v) is 14.3. The minimum absolute atomic E-state index is 0.480. The fourth-order valence-electron chi connectivity index (χ4n) is 1.75. The van der Waals surface area contributed by atoms with Gasteiger partial charge in [-0.1, -0.05) is 17.7 Å². The van der Waals surface area contributed by atoms with Crippen LogP contribution in [0.25, 0.3) is 0 Å². The second-order valence-corrected chi connectivity index (χ2v) is 6.11. The van der Waals surface area contributed by atoms with Gasteiger partial charge in [0.25, 0.3) is 0 Å². The van der Waals surface area contributed by atoms with Crippen molar-refractivity contribution in [1.29, 1.82) is 0 Å². The molecule has 0 aliphatic heterocycles. The minimum Gasteiger partial charge on any atom is -0.409 e. The summed E-state index contributed by atoms with van der Waals surface area (Å²) in [6, 6.07) is 9.04. The van der Waals surface area contributed by atoms with Crippen LogP contribution < -0.4 is 10.1 Å². The summed E-state index contributed by atoms with van der Waals surface area (Å²) in [7, 11) is 0. The number of rotatable bonds is 2. The predicted molar refractivity (Wildman–Crippen MR) is 89.5 cm³/mol. The maximum atomic E-state index is 11.9. The number of benzene rings is 2. The lowest BCUT2D eigenvalue weighted by Crippen LogP contribution is -2.17. The molecule has 0 aromatic heterocycles. The first-order valence-corrected chi connectivity index (χ1v) is 7.55. The summed E-state index contributed by atoms with van der Waals surface area (Å²) in [5, 5.41) is 3.25. The molecule has 0 unspecified atom stereocenters. The van der Waals surface area contributed by atoms with E-state index in [1.807, 2.05) is 39.0 Å². The number of nitrogens with one attached hydrogen (secondary N) is 1. The van der Waals surface area contributed by atoms with Gasteiger partial charge in [0.15, 0.2) is 0 Å². The van der Waals surface area contributed by atoms with Crippen LogP contribution in [0.5, 0.6) is 5.75 Å². The van der Waals surface area contributed by atoms with Gasteiger partial charge in [-0.25, -0.2) is 4.79 Å². The van der Waals surface area contributed by atoms with E-state index in [0.29, 0.717) is 16.5 Å². The molecule has 0 aliphatic rings. The van der Waals surface area contributed by atoms with E-state index in [9.17, 15) is 4.79 Å². The number of anilines is 1. The average molecular weight is 369 g/mol. The van der Waals surface area contributed by atoms with Crippen molar-refractivity contribution < 1.29 is 9.53 Å². The Morgan fingerprint density at radius 2 is 1.76 bits per heavy atom. The van der Waals surface area contributed by atoms with Gasteiger partial charge in [0.1, 0.15) is 5.75 Å². The van der Waals surface area contributed by atoms with E-state index >= 15 is 0 Å². The first kappa shape index (κ1) is 15.9. The molecule has 0 fully saturated rings. The second-order valence-electron chi connectivity index (χ2n) is 4.85. The first-order chi connectivity index (χ1) is 9.86. The molecular weight excluding hydrogens is 354 g/mol. The van der Waals surface area contributed by atoms with Crippen LogP contribution in [0.4, 0.5) is 10.5 Å². The number of hydrogen-bond donors (Lipinski definition) is 1. The molecule has 5 heteroatoms. The summed E-state index contributed by atoms with van der Waals surface area (Å²) >= 11 is 9.41. The number of amides is 1. The van der Waals surface area contributed by atoms with Gasteiger partial charge in [-0.2, -0.15) is 0 Å². The predicted octanol–water partition coefficient (Wildman–Crippen LogP) is 5.64. The molecule has 21 heavy (non-hydrogen) atoms. The van der Waals surface area contributed by atoms with Crippen LogP contribution >= 0.6 is 27.5 Å². The van der Waals surface area contributed by atoms with Crippen LogP contribution in [0.15, 0.2) is 34.8 Å². The van der Waals surface area contributed by atoms with E-state index in [-0.39, 0.29) is 0 Å². The molecule has 0 saturated heterocycles. The Bertz CT molecular complexity index is 701. The highest BCUT2D eigenvalue weighted by atomic mass is 79.9. The highest BCUT2D eigenvalue weighted by Gasteiger charge is 2.10. The summed E-state index contributed by atoms with van der Waals surface area (Å²) in [5.41, 5.74) is 3.72. The Labute approximate surface area is 137 Å². The van der Waals surface area contributed by atoms with E-state index in [2.05, 4.69) is 21.2 Å². The number of aryl methyl sites for hydroxylation is 3. The Kier molecular flexibility index (Phi) is 4.91. The molecule has 0 saturated carbocycles. The third-order valence-electron chi connectivity index (χ3n) is 3.17. The smallest absolute Gasteiger partial charge is 0.409 e. The van der Waals surface area contributed by atoms with Gasteiger partial charge in [-0.05, 0) is 77.7 Å². The van der Waals surface area contributed by atoms with E-state index in [1.54, 1.807) is 12.1 Å².